The van der Waals surface area contributed by atoms with E-state index in [1.165, 1.54) is 12.8 Å². The van der Waals surface area contributed by atoms with E-state index in [0.717, 1.165) is 30.8 Å². The molecule has 5 unspecified atom stereocenters. The average Bonchev–Trinajstić information content (AvgIpc) is 3.48. The molecule has 2 bridgehead atoms. The van der Waals surface area contributed by atoms with Crippen molar-refractivity contribution >= 4 is 11.7 Å². The summed E-state index contributed by atoms with van der Waals surface area (Å²) >= 11 is 0. The van der Waals surface area contributed by atoms with Gasteiger partial charge in [-0.15, -0.1) is 0 Å². The number of amides is 1. The number of Topliss-reactive ketones (excluding diaryl/α,β-unsaturated/α-hetero) is 1. The molecule has 1 saturated heterocycles. The molecule has 2 heterocycles. The SMILES string of the molecule is COc1cccc2c1OC1C3C=CC4(C(=O)N(CC5CC5)CCC214)C(C(C)=O)C3. The van der Waals surface area contributed by atoms with Crippen LogP contribution in [0.5, 0.6) is 11.5 Å². The summed E-state index contributed by atoms with van der Waals surface area (Å²) in [6, 6.07) is 6.00. The Morgan fingerprint density at radius 2 is 2.17 bits per heavy atom. The monoisotopic (exact) mass is 393 g/mol. The van der Waals surface area contributed by atoms with Crippen LogP contribution in [0, 0.1) is 23.2 Å². The van der Waals surface area contributed by atoms with E-state index < -0.39 is 10.8 Å². The van der Waals surface area contributed by atoms with Gasteiger partial charge in [-0.05, 0) is 44.6 Å². The maximum absolute atomic E-state index is 14.2. The topological polar surface area (TPSA) is 55.8 Å². The number of benzene rings is 1. The van der Waals surface area contributed by atoms with Gasteiger partial charge in [0.15, 0.2) is 11.5 Å². The van der Waals surface area contributed by atoms with Gasteiger partial charge >= 0.3 is 0 Å². The zero-order valence-corrected chi connectivity index (χ0v) is 17.0. The van der Waals surface area contributed by atoms with Gasteiger partial charge in [0.05, 0.1) is 17.9 Å². The Kier molecular flexibility index (Phi) is 3.42. The Balaban J connectivity index is 1.58. The number of methoxy groups -OCH3 is 1. The zero-order valence-electron chi connectivity index (χ0n) is 17.0. The van der Waals surface area contributed by atoms with Gasteiger partial charge in [0, 0.05) is 30.5 Å². The lowest BCUT2D eigenvalue weighted by atomic mass is 9.41. The number of rotatable bonds is 4. The minimum atomic E-state index is -0.844. The van der Waals surface area contributed by atoms with Gasteiger partial charge < -0.3 is 14.4 Å². The molecule has 5 atom stereocenters. The second-order valence-electron chi connectivity index (χ2n) is 9.58. The number of carbonyl (C=O) groups is 2. The van der Waals surface area contributed by atoms with Gasteiger partial charge in [-0.2, -0.15) is 0 Å². The first-order valence-corrected chi connectivity index (χ1v) is 10.9. The minimum absolute atomic E-state index is 0.110. The van der Waals surface area contributed by atoms with E-state index in [1.807, 2.05) is 17.0 Å². The molecule has 0 aromatic heterocycles. The van der Waals surface area contributed by atoms with Gasteiger partial charge in [0.2, 0.25) is 5.91 Å². The predicted octanol–water partition coefficient (Wildman–Crippen LogP) is 3.12. The highest BCUT2D eigenvalue weighted by Crippen LogP contribution is 2.70. The number of fused-ring (bicyclic) bond motifs is 2. The van der Waals surface area contributed by atoms with Crippen LogP contribution in [0.25, 0.3) is 0 Å². The maximum atomic E-state index is 14.2. The van der Waals surface area contributed by atoms with Crippen molar-refractivity contribution in [1.29, 1.82) is 0 Å². The normalized spacial score (nSPS) is 38.9. The molecule has 2 saturated carbocycles. The molecule has 2 aliphatic heterocycles. The molecule has 3 fully saturated rings. The Hall–Kier alpha value is -2.30. The van der Waals surface area contributed by atoms with Crippen molar-refractivity contribution in [3.8, 4) is 11.5 Å². The molecule has 7 rings (SSSR count). The first-order valence-electron chi connectivity index (χ1n) is 10.9. The fraction of sp³-hybridized carbons (Fsp3) is 0.583. The van der Waals surface area contributed by atoms with Gasteiger partial charge in [0.25, 0.3) is 0 Å². The van der Waals surface area contributed by atoms with E-state index >= 15 is 0 Å². The van der Waals surface area contributed by atoms with Crippen molar-refractivity contribution in [3.63, 3.8) is 0 Å². The minimum Gasteiger partial charge on any atom is -0.493 e. The van der Waals surface area contributed by atoms with Crippen LogP contribution in [0.1, 0.15) is 38.2 Å². The first-order chi connectivity index (χ1) is 14.0. The standard InChI is InChI=1S/C24H27NO4/c1-14(26)18-12-16-8-9-24(18)22(27)25(13-15-6-7-15)11-10-23(24)17-4-3-5-19(28-2)20(17)29-21(16)23/h3-5,8-9,15-16,18,21H,6-7,10-13H2,1-2H3. The number of hydrogen-bond acceptors (Lipinski definition) is 4. The molecule has 1 amide bonds. The number of ether oxygens (including phenoxy) is 2. The molecule has 0 N–H and O–H groups in total. The van der Waals surface area contributed by atoms with Crippen LogP contribution in [-0.2, 0) is 15.0 Å². The van der Waals surface area contributed by atoms with Gasteiger partial charge in [0.1, 0.15) is 11.9 Å². The van der Waals surface area contributed by atoms with E-state index in [4.69, 9.17) is 9.47 Å². The number of piperidine rings is 1. The highest BCUT2D eigenvalue weighted by molar-refractivity contribution is 5.96. The van der Waals surface area contributed by atoms with Crippen molar-refractivity contribution in [2.24, 2.45) is 23.2 Å². The number of likely N-dealkylation sites (tertiary alicyclic amines) is 1. The summed E-state index contributed by atoms with van der Waals surface area (Å²) in [5.41, 5.74) is -0.271. The van der Waals surface area contributed by atoms with E-state index in [2.05, 4.69) is 18.2 Å². The molecule has 1 aromatic rings. The van der Waals surface area contributed by atoms with Gasteiger partial charge in [-0.1, -0.05) is 24.3 Å². The molecule has 152 valence electrons. The lowest BCUT2D eigenvalue weighted by molar-refractivity contribution is -0.173. The largest absolute Gasteiger partial charge is 0.493 e. The Bertz CT molecular complexity index is 950. The average molecular weight is 393 g/mol. The Labute approximate surface area is 171 Å². The van der Waals surface area contributed by atoms with Crippen LogP contribution in [0.2, 0.25) is 0 Å². The predicted molar refractivity (Wildman–Crippen MR) is 107 cm³/mol. The number of carbonyl (C=O) groups excluding carboxylic acids is 2. The molecule has 5 heteroatoms. The molecule has 0 radical (unpaired) electrons. The van der Waals surface area contributed by atoms with Gasteiger partial charge in [-0.3, -0.25) is 9.59 Å². The van der Waals surface area contributed by atoms with Gasteiger partial charge in [-0.25, -0.2) is 0 Å². The molecule has 1 aromatic carbocycles. The third-order valence-corrected chi connectivity index (χ3v) is 8.28. The quantitative estimate of drug-likeness (QED) is 0.738. The smallest absolute Gasteiger partial charge is 0.234 e. The summed E-state index contributed by atoms with van der Waals surface area (Å²) in [4.78, 5) is 29.1. The second kappa shape index (κ2) is 5.65. The number of nitrogens with zero attached hydrogens (tertiary/aromatic N) is 1. The Morgan fingerprint density at radius 3 is 2.90 bits per heavy atom. The third kappa shape index (κ3) is 1.97. The van der Waals surface area contributed by atoms with E-state index in [-0.39, 0.29) is 29.6 Å². The number of ketones is 1. The second-order valence-corrected chi connectivity index (χ2v) is 9.58. The number of para-hydroxylation sites is 1. The summed E-state index contributed by atoms with van der Waals surface area (Å²) in [6.45, 7) is 3.22. The lowest BCUT2D eigenvalue weighted by Gasteiger charge is -2.63. The van der Waals surface area contributed by atoms with Crippen LogP contribution >= 0.6 is 0 Å². The fourth-order valence-electron chi connectivity index (χ4n) is 6.90. The molecule has 29 heavy (non-hydrogen) atoms. The molecular formula is C24H27NO4. The summed E-state index contributed by atoms with van der Waals surface area (Å²) in [5, 5.41) is 0. The molecule has 2 spiro atoms. The maximum Gasteiger partial charge on any atom is 0.234 e. The van der Waals surface area contributed by atoms with Crippen molar-refractivity contribution in [3.05, 3.63) is 35.9 Å². The zero-order chi connectivity index (χ0) is 20.0. The van der Waals surface area contributed by atoms with Crippen molar-refractivity contribution in [2.75, 3.05) is 20.2 Å². The summed E-state index contributed by atoms with van der Waals surface area (Å²) in [6.07, 6.45) is 8.09. The molecular weight excluding hydrogens is 366 g/mol. The molecule has 5 nitrogen and oxygen atoms in total. The van der Waals surface area contributed by atoms with E-state index in [0.29, 0.717) is 18.1 Å². The molecule has 4 aliphatic carbocycles. The van der Waals surface area contributed by atoms with Crippen LogP contribution < -0.4 is 9.47 Å². The van der Waals surface area contributed by atoms with Crippen molar-refractivity contribution < 1.29 is 19.1 Å². The van der Waals surface area contributed by atoms with E-state index in [9.17, 15) is 9.59 Å². The summed E-state index contributed by atoms with van der Waals surface area (Å²) < 4.78 is 12.2. The first kappa shape index (κ1) is 17.5. The fourth-order valence-corrected chi connectivity index (χ4v) is 6.90. The number of hydrogen-bond donors (Lipinski definition) is 0. The van der Waals surface area contributed by atoms with Crippen LogP contribution in [0.3, 0.4) is 0 Å². The molecule has 6 aliphatic rings. The Morgan fingerprint density at radius 1 is 1.34 bits per heavy atom. The van der Waals surface area contributed by atoms with Crippen molar-refractivity contribution in [2.45, 2.75) is 44.1 Å². The third-order valence-electron chi connectivity index (χ3n) is 8.28. The summed E-state index contributed by atoms with van der Waals surface area (Å²) in [5.74, 6) is 2.23. The van der Waals surface area contributed by atoms with E-state index in [1.54, 1.807) is 14.0 Å². The van der Waals surface area contributed by atoms with Crippen LogP contribution in [0.4, 0.5) is 0 Å². The highest BCUT2D eigenvalue weighted by atomic mass is 16.5. The highest BCUT2D eigenvalue weighted by Gasteiger charge is 2.75. The van der Waals surface area contributed by atoms with Crippen LogP contribution in [0.15, 0.2) is 30.4 Å². The summed E-state index contributed by atoms with van der Waals surface area (Å²) in [7, 11) is 1.66. The lowest BCUT2D eigenvalue weighted by Crippen LogP contribution is -2.73. The van der Waals surface area contributed by atoms with Crippen LogP contribution in [-0.4, -0.2) is 42.9 Å². The van der Waals surface area contributed by atoms with Crippen molar-refractivity contribution in [1.82, 2.24) is 4.90 Å².